The van der Waals surface area contributed by atoms with Crippen molar-refractivity contribution in [3.63, 3.8) is 0 Å². The highest BCUT2D eigenvalue weighted by Crippen LogP contribution is 2.31. The normalized spacial score (nSPS) is 11.1. The van der Waals surface area contributed by atoms with E-state index in [4.69, 9.17) is 21.3 Å². The standard InChI is InChI=1S/C27H23ClN4O2S/c1-16-4-9-22-24(12-16)35-27(30-22)19-5-7-20(8-6-19)29-26(33)23-10-11-32(31-23)15-34-21-13-17(2)25(28)18(3)14-21/h4-14H,15H2,1-3H3,(H,29,33). The Morgan fingerprint density at radius 1 is 1.03 bits per heavy atom. The van der Waals surface area contributed by atoms with Crippen molar-refractivity contribution in [1.29, 1.82) is 0 Å². The maximum absolute atomic E-state index is 12.7. The van der Waals surface area contributed by atoms with Crippen LogP contribution < -0.4 is 10.1 Å². The summed E-state index contributed by atoms with van der Waals surface area (Å²) in [6.07, 6.45) is 1.71. The Morgan fingerprint density at radius 2 is 1.77 bits per heavy atom. The van der Waals surface area contributed by atoms with Gasteiger partial charge in [0.15, 0.2) is 12.4 Å². The molecule has 35 heavy (non-hydrogen) atoms. The van der Waals surface area contributed by atoms with Crippen LogP contribution >= 0.6 is 22.9 Å². The first-order chi connectivity index (χ1) is 16.9. The summed E-state index contributed by atoms with van der Waals surface area (Å²) >= 11 is 7.87. The van der Waals surface area contributed by atoms with Crippen LogP contribution in [0.25, 0.3) is 20.8 Å². The molecule has 6 nitrogen and oxygen atoms in total. The number of nitrogens with zero attached hydrogens (tertiary/aromatic N) is 3. The first kappa shape index (κ1) is 23.1. The van der Waals surface area contributed by atoms with Crippen molar-refractivity contribution in [2.24, 2.45) is 0 Å². The van der Waals surface area contributed by atoms with Gasteiger partial charge < -0.3 is 10.1 Å². The lowest BCUT2D eigenvalue weighted by Gasteiger charge is -2.10. The molecule has 0 bridgehead atoms. The van der Waals surface area contributed by atoms with Crippen molar-refractivity contribution in [3.8, 4) is 16.3 Å². The summed E-state index contributed by atoms with van der Waals surface area (Å²) in [5.41, 5.74) is 6.12. The Labute approximate surface area is 212 Å². The SMILES string of the molecule is Cc1ccc2nc(-c3ccc(NC(=O)c4ccn(COc5cc(C)c(Cl)c(C)c5)n4)cc3)sc2c1. The summed E-state index contributed by atoms with van der Waals surface area (Å²) in [6, 6.07) is 19.3. The Morgan fingerprint density at radius 3 is 2.51 bits per heavy atom. The van der Waals surface area contributed by atoms with Gasteiger partial charge in [0.2, 0.25) is 0 Å². The first-order valence-corrected chi connectivity index (χ1v) is 12.3. The molecule has 3 aromatic carbocycles. The Balaban J connectivity index is 1.22. The Hall–Kier alpha value is -3.68. The zero-order valence-electron chi connectivity index (χ0n) is 19.5. The molecule has 0 aliphatic heterocycles. The third-order valence-corrected chi connectivity index (χ3v) is 7.24. The second-order valence-corrected chi connectivity index (χ2v) is 9.82. The van der Waals surface area contributed by atoms with Crippen LogP contribution in [0.1, 0.15) is 27.2 Å². The highest BCUT2D eigenvalue weighted by Gasteiger charge is 2.12. The lowest BCUT2D eigenvalue weighted by atomic mass is 10.1. The van der Waals surface area contributed by atoms with Crippen molar-refractivity contribution < 1.29 is 9.53 Å². The predicted molar refractivity (Wildman–Crippen MR) is 142 cm³/mol. The lowest BCUT2D eigenvalue weighted by Crippen LogP contribution is -2.14. The minimum Gasteiger partial charge on any atom is -0.471 e. The van der Waals surface area contributed by atoms with Crippen LogP contribution in [-0.2, 0) is 6.73 Å². The highest BCUT2D eigenvalue weighted by atomic mass is 35.5. The predicted octanol–water partition coefficient (Wildman–Crippen LogP) is 7.03. The molecule has 2 aromatic heterocycles. The molecule has 0 saturated heterocycles. The van der Waals surface area contributed by atoms with Gasteiger partial charge in [-0.05, 0) is 92.1 Å². The second-order valence-electron chi connectivity index (χ2n) is 8.41. The number of nitrogens with one attached hydrogen (secondary N) is 1. The van der Waals surface area contributed by atoms with E-state index in [9.17, 15) is 4.79 Å². The molecule has 0 unspecified atom stereocenters. The van der Waals surface area contributed by atoms with Crippen LogP contribution in [0.3, 0.4) is 0 Å². The van der Waals surface area contributed by atoms with E-state index in [1.54, 1.807) is 28.3 Å². The third-order valence-electron chi connectivity index (χ3n) is 5.58. The van der Waals surface area contributed by atoms with Gasteiger partial charge in [0, 0.05) is 22.5 Å². The molecule has 1 amide bonds. The van der Waals surface area contributed by atoms with Crippen molar-refractivity contribution >= 4 is 44.7 Å². The number of hydrogen-bond donors (Lipinski definition) is 1. The van der Waals surface area contributed by atoms with Gasteiger partial charge in [-0.15, -0.1) is 11.3 Å². The molecule has 0 aliphatic rings. The van der Waals surface area contributed by atoms with E-state index in [1.807, 2.05) is 56.3 Å². The van der Waals surface area contributed by atoms with E-state index in [2.05, 4.69) is 29.5 Å². The maximum atomic E-state index is 12.7. The molecule has 0 aliphatic carbocycles. The number of thiazole rings is 1. The number of aryl methyl sites for hydroxylation is 3. The third kappa shape index (κ3) is 5.06. The molecule has 5 rings (SSSR count). The monoisotopic (exact) mass is 502 g/mol. The molecule has 0 spiro atoms. The van der Waals surface area contributed by atoms with Crippen LogP contribution in [0.4, 0.5) is 5.69 Å². The van der Waals surface area contributed by atoms with Gasteiger partial charge in [0.05, 0.1) is 10.2 Å². The number of halogens is 1. The quantitative estimate of drug-likeness (QED) is 0.270. The number of aromatic nitrogens is 3. The van der Waals surface area contributed by atoms with Crippen LogP contribution in [-0.4, -0.2) is 20.7 Å². The smallest absolute Gasteiger partial charge is 0.276 e. The van der Waals surface area contributed by atoms with E-state index in [0.29, 0.717) is 17.1 Å². The molecular weight excluding hydrogens is 480 g/mol. The van der Waals surface area contributed by atoms with Gasteiger partial charge in [0.25, 0.3) is 5.91 Å². The number of fused-ring (bicyclic) bond motifs is 1. The van der Waals surface area contributed by atoms with Gasteiger partial charge >= 0.3 is 0 Å². The Kier molecular flexibility index (Phi) is 6.28. The lowest BCUT2D eigenvalue weighted by molar-refractivity contribution is 0.102. The van der Waals surface area contributed by atoms with Gasteiger partial charge in [-0.1, -0.05) is 17.7 Å². The summed E-state index contributed by atoms with van der Waals surface area (Å²) in [4.78, 5) is 17.4. The molecule has 5 aromatic rings. The van der Waals surface area contributed by atoms with Crippen LogP contribution in [0, 0.1) is 20.8 Å². The van der Waals surface area contributed by atoms with Crippen LogP contribution in [0.5, 0.6) is 5.75 Å². The molecule has 0 atom stereocenters. The number of anilines is 1. The summed E-state index contributed by atoms with van der Waals surface area (Å²) in [6.45, 7) is 6.13. The second kappa shape index (κ2) is 9.52. The molecule has 0 saturated carbocycles. The maximum Gasteiger partial charge on any atom is 0.276 e. The summed E-state index contributed by atoms with van der Waals surface area (Å²) < 4.78 is 8.55. The number of hydrogen-bond acceptors (Lipinski definition) is 5. The summed E-state index contributed by atoms with van der Waals surface area (Å²) in [7, 11) is 0. The van der Waals surface area contributed by atoms with Gasteiger partial charge in [-0.25, -0.2) is 9.67 Å². The first-order valence-electron chi connectivity index (χ1n) is 11.1. The fourth-order valence-corrected chi connectivity index (χ4v) is 4.91. The molecular formula is C27H23ClN4O2S. The molecule has 2 heterocycles. The highest BCUT2D eigenvalue weighted by molar-refractivity contribution is 7.21. The van der Waals surface area contributed by atoms with Gasteiger partial charge in [-0.3, -0.25) is 4.79 Å². The molecule has 8 heteroatoms. The van der Waals surface area contributed by atoms with E-state index in [-0.39, 0.29) is 12.6 Å². The minimum absolute atomic E-state index is 0.185. The van der Waals surface area contributed by atoms with Gasteiger partial charge in [-0.2, -0.15) is 5.10 Å². The summed E-state index contributed by atoms with van der Waals surface area (Å²) in [5, 5.41) is 8.90. The zero-order valence-corrected chi connectivity index (χ0v) is 21.1. The average molecular weight is 503 g/mol. The van der Waals surface area contributed by atoms with Crippen molar-refractivity contribution in [1.82, 2.24) is 14.8 Å². The van der Waals surface area contributed by atoms with Gasteiger partial charge in [0.1, 0.15) is 10.8 Å². The summed E-state index contributed by atoms with van der Waals surface area (Å²) in [5.74, 6) is 0.416. The van der Waals surface area contributed by atoms with Crippen LogP contribution in [0.15, 0.2) is 66.9 Å². The van der Waals surface area contributed by atoms with Crippen molar-refractivity contribution in [2.75, 3.05) is 5.32 Å². The van der Waals surface area contributed by atoms with E-state index >= 15 is 0 Å². The van der Waals surface area contributed by atoms with E-state index in [0.717, 1.165) is 32.2 Å². The molecule has 0 fully saturated rings. The van der Waals surface area contributed by atoms with Crippen LogP contribution in [0.2, 0.25) is 5.02 Å². The number of amides is 1. The van der Waals surface area contributed by atoms with Crippen molar-refractivity contribution in [3.05, 3.63) is 94.3 Å². The number of rotatable bonds is 6. The topological polar surface area (TPSA) is 69.0 Å². The molecule has 176 valence electrons. The average Bonchev–Trinajstić information content (AvgIpc) is 3.48. The number of benzene rings is 3. The Bertz CT molecular complexity index is 1520. The van der Waals surface area contributed by atoms with E-state index in [1.165, 1.54) is 10.3 Å². The molecule has 0 radical (unpaired) electrons. The number of ether oxygens (including phenoxy) is 1. The zero-order chi connectivity index (χ0) is 24.5. The fourth-order valence-electron chi connectivity index (χ4n) is 3.73. The largest absolute Gasteiger partial charge is 0.471 e. The van der Waals surface area contributed by atoms with Crippen molar-refractivity contribution in [2.45, 2.75) is 27.5 Å². The minimum atomic E-state index is -0.287. The molecule has 1 N–H and O–H groups in total. The number of carbonyl (C=O) groups excluding carboxylic acids is 1. The number of carbonyl (C=O) groups is 1. The van der Waals surface area contributed by atoms with E-state index < -0.39 is 0 Å². The fraction of sp³-hybridized carbons (Fsp3) is 0.148.